The number of carboxylic acids is 1. The Bertz CT molecular complexity index is 351. The molecule has 0 bridgehead atoms. The molecule has 1 aromatic carbocycles. The Hall–Kier alpha value is -1.55. The Morgan fingerprint density at radius 1 is 1.50 bits per heavy atom. The number of para-hydroxylation sites is 1. The number of hydrogen-bond donors (Lipinski definition) is 2. The molecule has 1 unspecified atom stereocenters. The van der Waals surface area contributed by atoms with Crippen molar-refractivity contribution in [3.63, 3.8) is 0 Å². The van der Waals surface area contributed by atoms with Crippen molar-refractivity contribution in [1.82, 2.24) is 0 Å². The van der Waals surface area contributed by atoms with Crippen molar-refractivity contribution in [3.8, 4) is 0 Å². The van der Waals surface area contributed by atoms with E-state index in [0.717, 1.165) is 11.3 Å². The van der Waals surface area contributed by atoms with Crippen LogP contribution in [0.5, 0.6) is 0 Å². The van der Waals surface area contributed by atoms with Crippen molar-refractivity contribution in [1.29, 1.82) is 0 Å². The molecular weight excluding hydrogens is 182 g/mol. The molecule has 0 saturated heterocycles. The molecule has 0 saturated carbocycles. The third-order valence-electron chi connectivity index (χ3n) is 2.19. The highest BCUT2D eigenvalue weighted by Crippen LogP contribution is 2.20. The zero-order valence-corrected chi connectivity index (χ0v) is 7.56. The lowest BCUT2D eigenvalue weighted by Gasteiger charge is -2.11. The average molecular weight is 193 g/mol. The summed E-state index contributed by atoms with van der Waals surface area (Å²) in [7, 11) is 0. The van der Waals surface area contributed by atoms with Gasteiger partial charge in [-0.1, -0.05) is 18.2 Å². The summed E-state index contributed by atoms with van der Waals surface area (Å²) in [5, 5.41) is 11.8. The molecule has 0 amide bonds. The summed E-state index contributed by atoms with van der Waals surface area (Å²) in [5.74, 6) is -0.887. The number of nitrogens with one attached hydrogen (secondary N) is 1. The maximum absolute atomic E-state index is 10.8. The van der Waals surface area contributed by atoms with E-state index >= 15 is 0 Å². The number of benzene rings is 1. The van der Waals surface area contributed by atoms with Gasteiger partial charge in [-0.25, -0.2) is 4.79 Å². The van der Waals surface area contributed by atoms with E-state index < -0.39 is 12.0 Å². The number of hydrogen-bond acceptors (Lipinski definition) is 3. The van der Waals surface area contributed by atoms with Crippen LogP contribution < -0.4 is 5.32 Å². The average Bonchev–Trinajstić information content (AvgIpc) is 2.39. The van der Waals surface area contributed by atoms with E-state index in [-0.39, 0.29) is 6.61 Å². The van der Waals surface area contributed by atoms with Gasteiger partial charge in [-0.3, -0.25) is 0 Å². The number of ether oxygens (including phenoxy) is 1. The summed E-state index contributed by atoms with van der Waals surface area (Å²) in [6, 6.07) is 6.91. The molecule has 4 nitrogen and oxygen atoms in total. The van der Waals surface area contributed by atoms with Crippen LogP contribution in [0.15, 0.2) is 24.3 Å². The lowest BCUT2D eigenvalue weighted by molar-refractivity contribution is -0.139. The fourth-order valence-corrected chi connectivity index (χ4v) is 1.44. The van der Waals surface area contributed by atoms with Crippen LogP contribution >= 0.6 is 0 Å². The lowest BCUT2D eigenvalue weighted by Crippen LogP contribution is -2.32. The van der Waals surface area contributed by atoms with Gasteiger partial charge in [0.1, 0.15) is 6.04 Å². The van der Waals surface area contributed by atoms with Gasteiger partial charge in [0.2, 0.25) is 0 Å². The van der Waals surface area contributed by atoms with Gasteiger partial charge in [0.05, 0.1) is 13.2 Å². The first-order valence-electron chi connectivity index (χ1n) is 4.42. The van der Waals surface area contributed by atoms with E-state index in [1.807, 2.05) is 24.3 Å². The Labute approximate surface area is 81.5 Å². The molecule has 0 spiro atoms. The maximum Gasteiger partial charge on any atom is 0.328 e. The van der Waals surface area contributed by atoms with Crippen LogP contribution in [0.4, 0.5) is 5.69 Å². The van der Waals surface area contributed by atoms with E-state index in [9.17, 15) is 4.79 Å². The molecule has 1 aliphatic rings. The van der Waals surface area contributed by atoms with Gasteiger partial charge in [0, 0.05) is 11.3 Å². The molecule has 2 rings (SSSR count). The third-order valence-corrected chi connectivity index (χ3v) is 2.19. The van der Waals surface area contributed by atoms with Crippen molar-refractivity contribution in [2.45, 2.75) is 12.6 Å². The van der Waals surface area contributed by atoms with Gasteiger partial charge in [-0.15, -0.1) is 0 Å². The quantitative estimate of drug-likeness (QED) is 0.700. The largest absolute Gasteiger partial charge is 0.480 e. The van der Waals surface area contributed by atoms with E-state index in [1.54, 1.807) is 0 Å². The standard InChI is InChI=1S/C10H11NO3/c12-10(13)9-6-14-5-7-3-1-2-4-8(7)11-9/h1-4,9,11H,5-6H2,(H,12,13). The van der Waals surface area contributed by atoms with Crippen molar-refractivity contribution >= 4 is 11.7 Å². The van der Waals surface area contributed by atoms with Gasteiger partial charge < -0.3 is 15.2 Å². The van der Waals surface area contributed by atoms with E-state index in [2.05, 4.69) is 5.32 Å². The van der Waals surface area contributed by atoms with Crippen LogP contribution in [-0.2, 0) is 16.1 Å². The molecule has 1 aromatic rings. The minimum Gasteiger partial charge on any atom is -0.480 e. The third kappa shape index (κ3) is 1.70. The molecule has 0 aliphatic carbocycles. The van der Waals surface area contributed by atoms with Gasteiger partial charge in [-0.2, -0.15) is 0 Å². The van der Waals surface area contributed by atoms with Crippen LogP contribution in [0.2, 0.25) is 0 Å². The molecule has 0 radical (unpaired) electrons. The van der Waals surface area contributed by atoms with E-state index in [4.69, 9.17) is 9.84 Å². The first-order chi connectivity index (χ1) is 6.77. The summed E-state index contributed by atoms with van der Waals surface area (Å²) in [6.07, 6.45) is 0. The van der Waals surface area contributed by atoms with Crippen LogP contribution in [0.1, 0.15) is 5.56 Å². The molecule has 0 aromatic heterocycles. The maximum atomic E-state index is 10.8. The number of aliphatic carboxylic acids is 1. The molecule has 4 heteroatoms. The molecule has 74 valence electrons. The van der Waals surface area contributed by atoms with Crippen LogP contribution in [0.25, 0.3) is 0 Å². The smallest absolute Gasteiger partial charge is 0.328 e. The SMILES string of the molecule is O=C(O)C1COCc2ccccc2N1. The number of fused-ring (bicyclic) bond motifs is 1. The van der Waals surface area contributed by atoms with Crippen LogP contribution in [0, 0.1) is 0 Å². The number of carbonyl (C=O) groups is 1. The van der Waals surface area contributed by atoms with Crippen molar-refractivity contribution in [2.24, 2.45) is 0 Å². The normalized spacial score (nSPS) is 20.4. The van der Waals surface area contributed by atoms with Crippen LogP contribution in [0.3, 0.4) is 0 Å². The highest BCUT2D eigenvalue weighted by atomic mass is 16.5. The fraction of sp³-hybridized carbons (Fsp3) is 0.300. The monoisotopic (exact) mass is 193 g/mol. The lowest BCUT2D eigenvalue weighted by atomic mass is 10.2. The number of carboxylic acid groups (broad SMARTS) is 1. The summed E-state index contributed by atoms with van der Waals surface area (Å²) in [4.78, 5) is 10.8. The number of anilines is 1. The predicted octanol–water partition coefficient (Wildman–Crippen LogP) is 1.08. The first kappa shape index (κ1) is 9.02. The summed E-state index contributed by atoms with van der Waals surface area (Å²) in [5.41, 5.74) is 1.84. The minimum absolute atomic E-state index is 0.198. The highest BCUT2D eigenvalue weighted by Gasteiger charge is 2.21. The van der Waals surface area contributed by atoms with Gasteiger partial charge in [-0.05, 0) is 6.07 Å². The van der Waals surface area contributed by atoms with Crippen molar-refractivity contribution < 1.29 is 14.6 Å². The second kappa shape index (κ2) is 3.67. The Morgan fingerprint density at radius 2 is 2.29 bits per heavy atom. The molecule has 14 heavy (non-hydrogen) atoms. The zero-order valence-electron chi connectivity index (χ0n) is 7.56. The Morgan fingerprint density at radius 3 is 3.07 bits per heavy atom. The fourth-order valence-electron chi connectivity index (χ4n) is 1.44. The molecule has 0 fully saturated rings. The molecular formula is C10H11NO3. The summed E-state index contributed by atoms with van der Waals surface area (Å²) >= 11 is 0. The van der Waals surface area contributed by atoms with E-state index in [1.165, 1.54) is 0 Å². The highest BCUT2D eigenvalue weighted by molar-refractivity contribution is 5.78. The summed E-state index contributed by atoms with van der Waals surface area (Å²) < 4.78 is 5.25. The number of rotatable bonds is 1. The molecule has 1 aliphatic heterocycles. The van der Waals surface area contributed by atoms with Gasteiger partial charge in [0.25, 0.3) is 0 Å². The second-order valence-electron chi connectivity index (χ2n) is 3.21. The first-order valence-corrected chi connectivity index (χ1v) is 4.42. The molecule has 1 atom stereocenters. The molecule has 2 N–H and O–H groups in total. The van der Waals surface area contributed by atoms with E-state index in [0.29, 0.717) is 6.61 Å². The van der Waals surface area contributed by atoms with Gasteiger partial charge >= 0.3 is 5.97 Å². The predicted molar refractivity (Wildman–Crippen MR) is 51.1 cm³/mol. The topological polar surface area (TPSA) is 58.6 Å². The summed E-state index contributed by atoms with van der Waals surface area (Å²) in [6.45, 7) is 0.664. The van der Waals surface area contributed by atoms with Crippen molar-refractivity contribution in [3.05, 3.63) is 29.8 Å². The Balaban J connectivity index is 2.26. The van der Waals surface area contributed by atoms with Crippen LogP contribution in [-0.4, -0.2) is 23.7 Å². The second-order valence-corrected chi connectivity index (χ2v) is 3.21. The zero-order chi connectivity index (χ0) is 9.97. The molecule has 1 heterocycles. The van der Waals surface area contributed by atoms with Crippen molar-refractivity contribution in [2.75, 3.05) is 11.9 Å². The minimum atomic E-state index is -0.887. The Kier molecular flexibility index (Phi) is 2.37. The van der Waals surface area contributed by atoms with Gasteiger partial charge in [0.15, 0.2) is 0 Å².